The predicted octanol–water partition coefficient (Wildman–Crippen LogP) is 2.59. The molecule has 2 aromatic rings. The predicted molar refractivity (Wildman–Crippen MR) is 82.1 cm³/mol. The normalized spacial score (nSPS) is 17.7. The van der Waals surface area contributed by atoms with Crippen molar-refractivity contribution in [3.63, 3.8) is 0 Å². The molecule has 1 aliphatic heterocycles. The number of aryl methyl sites for hydroxylation is 1. The van der Waals surface area contributed by atoms with Crippen LogP contribution in [0.25, 0.3) is 11.4 Å². The monoisotopic (exact) mass is 309 g/mol. The van der Waals surface area contributed by atoms with Gasteiger partial charge in [-0.3, -0.25) is 0 Å². The lowest BCUT2D eigenvalue weighted by atomic mass is 10.0. The third-order valence-corrected chi connectivity index (χ3v) is 3.71. The molecule has 2 heterocycles. The first-order valence-corrected chi connectivity index (χ1v) is 7.05. The Labute approximate surface area is 130 Å². The summed E-state index contributed by atoms with van der Waals surface area (Å²) in [5, 5.41) is 4.04. The largest absolute Gasteiger partial charge is 0.381 e. The molecule has 1 aromatic heterocycles. The van der Waals surface area contributed by atoms with Crippen molar-refractivity contribution in [3.8, 4) is 11.4 Å². The molecular formula is C15H20ClN3O2. The lowest BCUT2D eigenvalue weighted by Crippen LogP contribution is -2.01. The van der Waals surface area contributed by atoms with Crippen LogP contribution in [0.15, 0.2) is 28.8 Å². The molecule has 5 nitrogen and oxygen atoms in total. The molecule has 0 aliphatic carbocycles. The van der Waals surface area contributed by atoms with E-state index in [1.54, 1.807) is 0 Å². The zero-order valence-corrected chi connectivity index (χ0v) is 12.6. The van der Waals surface area contributed by atoms with Crippen molar-refractivity contribution < 1.29 is 9.26 Å². The number of nitrogens with zero attached hydrogens (tertiary/aromatic N) is 2. The Balaban J connectivity index is 0.00000161. The van der Waals surface area contributed by atoms with Crippen molar-refractivity contribution in [1.82, 2.24) is 10.1 Å². The third kappa shape index (κ3) is 4.03. The van der Waals surface area contributed by atoms with Gasteiger partial charge in [0.25, 0.3) is 0 Å². The number of nitrogens with two attached hydrogens (primary N) is 1. The number of aromatic nitrogens is 2. The van der Waals surface area contributed by atoms with Crippen LogP contribution < -0.4 is 5.73 Å². The second-order valence-electron chi connectivity index (χ2n) is 5.18. The van der Waals surface area contributed by atoms with Gasteiger partial charge in [0.2, 0.25) is 11.7 Å². The van der Waals surface area contributed by atoms with Gasteiger partial charge in [0.05, 0.1) is 0 Å². The molecule has 3 rings (SSSR count). The first kappa shape index (κ1) is 15.9. The van der Waals surface area contributed by atoms with Gasteiger partial charge < -0.3 is 15.0 Å². The van der Waals surface area contributed by atoms with Gasteiger partial charge in [-0.05, 0) is 24.3 Å². The Morgan fingerprint density at radius 2 is 2.05 bits per heavy atom. The molecule has 1 aromatic carbocycles. The van der Waals surface area contributed by atoms with E-state index in [-0.39, 0.29) is 12.4 Å². The third-order valence-electron chi connectivity index (χ3n) is 3.71. The first-order chi connectivity index (χ1) is 9.85. The Morgan fingerprint density at radius 3 is 2.71 bits per heavy atom. The molecule has 6 heteroatoms. The summed E-state index contributed by atoms with van der Waals surface area (Å²) in [6.07, 6.45) is 3.01. The minimum atomic E-state index is 0. The van der Waals surface area contributed by atoms with Gasteiger partial charge in [0, 0.05) is 31.7 Å². The number of ether oxygens (including phenoxy) is 1. The molecule has 0 bridgehead atoms. The lowest BCUT2D eigenvalue weighted by molar-refractivity contribution is 0.183. The van der Waals surface area contributed by atoms with Gasteiger partial charge in [-0.2, -0.15) is 4.98 Å². The highest BCUT2D eigenvalue weighted by Gasteiger charge is 2.17. The molecule has 0 spiro atoms. The highest BCUT2D eigenvalue weighted by molar-refractivity contribution is 5.85. The van der Waals surface area contributed by atoms with Crippen molar-refractivity contribution in [2.45, 2.75) is 25.8 Å². The van der Waals surface area contributed by atoms with Crippen molar-refractivity contribution in [2.24, 2.45) is 11.7 Å². The molecule has 0 radical (unpaired) electrons. The second-order valence-corrected chi connectivity index (χ2v) is 5.18. The summed E-state index contributed by atoms with van der Waals surface area (Å²) in [7, 11) is 0. The van der Waals surface area contributed by atoms with Crippen LogP contribution in [0.3, 0.4) is 0 Å². The van der Waals surface area contributed by atoms with Crippen molar-refractivity contribution in [1.29, 1.82) is 0 Å². The molecular weight excluding hydrogens is 290 g/mol. The van der Waals surface area contributed by atoms with Gasteiger partial charge in [0.1, 0.15) is 0 Å². The van der Waals surface area contributed by atoms with Crippen molar-refractivity contribution in [3.05, 3.63) is 35.7 Å². The fourth-order valence-corrected chi connectivity index (χ4v) is 2.40. The highest BCUT2D eigenvalue weighted by atomic mass is 35.5. The van der Waals surface area contributed by atoms with Gasteiger partial charge in [-0.25, -0.2) is 0 Å². The SMILES string of the molecule is Cl.NCc1ccc(-c2noc(CCC3CCOC3)n2)cc1. The minimum Gasteiger partial charge on any atom is -0.381 e. The van der Waals surface area contributed by atoms with Crippen LogP contribution in [-0.4, -0.2) is 23.4 Å². The van der Waals surface area contributed by atoms with E-state index in [1.165, 1.54) is 0 Å². The minimum absolute atomic E-state index is 0. The number of rotatable bonds is 5. The molecule has 2 N–H and O–H groups in total. The number of halogens is 1. The van der Waals surface area contributed by atoms with Crippen LogP contribution in [0.1, 0.15) is 24.3 Å². The van der Waals surface area contributed by atoms with Crippen LogP contribution >= 0.6 is 12.4 Å². The van der Waals surface area contributed by atoms with Crippen LogP contribution in [0, 0.1) is 5.92 Å². The summed E-state index contributed by atoms with van der Waals surface area (Å²) in [5.41, 5.74) is 7.64. The maximum absolute atomic E-state index is 5.58. The Morgan fingerprint density at radius 1 is 1.24 bits per heavy atom. The average Bonchev–Trinajstić information content (AvgIpc) is 3.17. The number of hydrogen-bond donors (Lipinski definition) is 1. The Kier molecular flexibility index (Phi) is 5.73. The summed E-state index contributed by atoms with van der Waals surface area (Å²) in [5.74, 6) is 1.98. The van der Waals surface area contributed by atoms with Gasteiger partial charge >= 0.3 is 0 Å². The summed E-state index contributed by atoms with van der Waals surface area (Å²) in [6, 6.07) is 7.92. The zero-order valence-electron chi connectivity index (χ0n) is 11.8. The van der Waals surface area contributed by atoms with Crippen molar-refractivity contribution in [2.75, 3.05) is 13.2 Å². The standard InChI is InChI=1S/C15H19N3O2.ClH/c16-9-11-1-4-13(5-2-11)15-17-14(20-18-15)6-3-12-7-8-19-10-12;/h1-2,4-5,12H,3,6-10,16H2;1H. The van der Waals surface area contributed by atoms with E-state index >= 15 is 0 Å². The van der Waals surface area contributed by atoms with Crippen LogP contribution in [0.5, 0.6) is 0 Å². The first-order valence-electron chi connectivity index (χ1n) is 7.05. The average molecular weight is 310 g/mol. The zero-order chi connectivity index (χ0) is 13.8. The molecule has 1 aliphatic rings. The Bertz CT molecular complexity index is 550. The molecule has 114 valence electrons. The van der Waals surface area contributed by atoms with Gasteiger partial charge in [0.15, 0.2) is 0 Å². The molecule has 1 unspecified atom stereocenters. The van der Waals surface area contributed by atoms with E-state index in [2.05, 4.69) is 10.1 Å². The molecule has 1 saturated heterocycles. The maximum atomic E-state index is 5.58. The maximum Gasteiger partial charge on any atom is 0.226 e. The topological polar surface area (TPSA) is 74.2 Å². The van der Waals surface area contributed by atoms with E-state index in [1.807, 2.05) is 24.3 Å². The summed E-state index contributed by atoms with van der Waals surface area (Å²) in [6.45, 7) is 2.29. The fraction of sp³-hybridized carbons (Fsp3) is 0.467. The molecule has 1 fully saturated rings. The van der Waals surface area contributed by atoms with Crippen molar-refractivity contribution >= 4 is 12.4 Å². The van der Waals surface area contributed by atoms with E-state index in [0.29, 0.717) is 24.2 Å². The smallest absolute Gasteiger partial charge is 0.226 e. The Hall–Kier alpha value is -1.43. The van der Waals surface area contributed by atoms with E-state index < -0.39 is 0 Å². The fourth-order valence-electron chi connectivity index (χ4n) is 2.40. The summed E-state index contributed by atoms with van der Waals surface area (Å²) in [4.78, 5) is 4.45. The molecule has 1 atom stereocenters. The van der Waals surface area contributed by atoms with Crippen LogP contribution in [-0.2, 0) is 17.7 Å². The summed E-state index contributed by atoms with van der Waals surface area (Å²) < 4.78 is 10.7. The van der Waals surface area contributed by atoms with Gasteiger partial charge in [-0.15, -0.1) is 12.4 Å². The molecule has 0 saturated carbocycles. The van der Waals surface area contributed by atoms with Crippen LogP contribution in [0.2, 0.25) is 0 Å². The molecule has 0 amide bonds. The second kappa shape index (κ2) is 7.54. The summed E-state index contributed by atoms with van der Waals surface area (Å²) >= 11 is 0. The number of benzene rings is 1. The highest BCUT2D eigenvalue weighted by Crippen LogP contribution is 2.20. The van der Waals surface area contributed by atoms with E-state index in [4.69, 9.17) is 15.0 Å². The lowest BCUT2D eigenvalue weighted by Gasteiger charge is -2.02. The van der Waals surface area contributed by atoms with Crippen LogP contribution in [0.4, 0.5) is 0 Å². The van der Waals surface area contributed by atoms with E-state index in [9.17, 15) is 0 Å². The molecule has 21 heavy (non-hydrogen) atoms. The number of hydrogen-bond acceptors (Lipinski definition) is 5. The quantitative estimate of drug-likeness (QED) is 0.919. The van der Waals surface area contributed by atoms with E-state index in [0.717, 1.165) is 43.6 Å². The van der Waals surface area contributed by atoms with Gasteiger partial charge in [-0.1, -0.05) is 29.4 Å².